The van der Waals surface area contributed by atoms with E-state index in [0.717, 1.165) is 46.6 Å². The zero-order chi connectivity index (χ0) is 16.2. The summed E-state index contributed by atoms with van der Waals surface area (Å²) in [5, 5.41) is 8.40. The molecule has 3 rings (SSSR count). The normalized spacial score (nSPS) is 14.9. The molecule has 0 aliphatic carbocycles. The Balaban J connectivity index is 1.66. The molecule has 0 spiro atoms. The number of piperidine rings is 1. The van der Waals surface area contributed by atoms with Crippen LogP contribution in [-0.4, -0.2) is 28.8 Å². The van der Waals surface area contributed by atoms with E-state index in [9.17, 15) is 0 Å². The minimum atomic E-state index is 0.369. The lowest BCUT2D eigenvalue weighted by Gasteiger charge is -2.28. The van der Waals surface area contributed by atoms with Gasteiger partial charge in [0.2, 0.25) is 0 Å². The Morgan fingerprint density at radius 2 is 2.04 bits per heavy atom. The molecule has 1 fully saturated rings. The Morgan fingerprint density at radius 3 is 2.78 bits per heavy atom. The quantitative estimate of drug-likeness (QED) is 0.729. The molecule has 120 valence electrons. The summed E-state index contributed by atoms with van der Waals surface area (Å²) in [6.07, 6.45) is 3.30. The summed E-state index contributed by atoms with van der Waals surface area (Å²) in [6.45, 7) is 2.05. The Bertz CT molecular complexity index is 715. The van der Waals surface area contributed by atoms with Crippen molar-refractivity contribution in [3.05, 3.63) is 44.6 Å². The van der Waals surface area contributed by atoms with Gasteiger partial charge in [-0.15, -0.1) is 0 Å². The fraction of sp³-hybridized carbons (Fsp3) is 0.312. The number of hydrogen-bond donors (Lipinski definition) is 1. The van der Waals surface area contributed by atoms with Crippen molar-refractivity contribution in [3.8, 4) is 6.01 Å². The van der Waals surface area contributed by atoms with E-state index in [1.165, 1.54) is 0 Å². The molecular weight excluding hydrogens is 427 g/mol. The lowest BCUT2D eigenvalue weighted by Crippen LogP contribution is -2.34. The minimum absolute atomic E-state index is 0.369. The van der Waals surface area contributed by atoms with E-state index in [4.69, 9.17) is 21.7 Å². The van der Waals surface area contributed by atoms with E-state index < -0.39 is 0 Å². The average Bonchev–Trinajstić information content (AvgIpc) is 2.55. The molecule has 1 N–H and O–H groups in total. The Morgan fingerprint density at radius 1 is 1.26 bits per heavy atom. The van der Waals surface area contributed by atoms with E-state index in [2.05, 4.69) is 37.5 Å². The van der Waals surface area contributed by atoms with Gasteiger partial charge in [-0.25, -0.2) is 4.98 Å². The molecule has 2 heterocycles. The fourth-order valence-corrected chi connectivity index (χ4v) is 3.39. The van der Waals surface area contributed by atoms with Crippen molar-refractivity contribution in [1.29, 1.82) is 5.41 Å². The summed E-state index contributed by atoms with van der Waals surface area (Å²) >= 11 is 8.20. The zero-order valence-electron chi connectivity index (χ0n) is 12.4. The number of hydrogen-bond acceptors (Lipinski definition) is 5. The summed E-state index contributed by atoms with van der Waals surface area (Å²) < 4.78 is 6.78. The van der Waals surface area contributed by atoms with E-state index in [1.807, 2.05) is 24.3 Å². The summed E-state index contributed by atoms with van der Waals surface area (Å²) in [6, 6.07) is 7.95. The van der Waals surface area contributed by atoms with Gasteiger partial charge in [0.25, 0.3) is 0 Å². The Kier molecular flexibility index (Phi) is 5.32. The first kappa shape index (κ1) is 16.4. The molecule has 2 aromatic rings. The van der Waals surface area contributed by atoms with Crippen molar-refractivity contribution < 1.29 is 4.74 Å². The second-order valence-corrected chi connectivity index (χ2v) is 6.91. The van der Waals surface area contributed by atoms with Crippen molar-refractivity contribution in [1.82, 2.24) is 9.97 Å². The third-order valence-electron chi connectivity index (χ3n) is 3.68. The molecule has 0 unspecified atom stereocenters. The molecule has 1 aliphatic rings. The number of halogens is 2. The second kappa shape index (κ2) is 7.44. The SMILES string of the molecule is N=C1CCN(c2ccnc(OCc3ccc(Cl)cc3I)n2)CC1. The molecule has 1 saturated heterocycles. The van der Waals surface area contributed by atoms with Gasteiger partial charge in [0, 0.05) is 52.0 Å². The van der Waals surface area contributed by atoms with Crippen LogP contribution in [0.1, 0.15) is 18.4 Å². The van der Waals surface area contributed by atoms with Gasteiger partial charge in [-0.1, -0.05) is 17.7 Å². The lowest BCUT2D eigenvalue weighted by molar-refractivity contribution is 0.280. The van der Waals surface area contributed by atoms with Crippen molar-refractivity contribution in [3.63, 3.8) is 0 Å². The highest BCUT2D eigenvalue weighted by Crippen LogP contribution is 2.21. The first-order valence-corrected chi connectivity index (χ1v) is 8.78. The van der Waals surface area contributed by atoms with Gasteiger partial charge in [0.05, 0.1) is 0 Å². The number of rotatable bonds is 4. The first-order chi connectivity index (χ1) is 11.1. The largest absolute Gasteiger partial charge is 0.459 e. The number of anilines is 1. The van der Waals surface area contributed by atoms with Crippen LogP contribution in [0.4, 0.5) is 5.82 Å². The van der Waals surface area contributed by atoms with E-state index >= 15 is 0 Å². The fourth-order valence-electron chi connectivity index (χ4n) is 2.36. The van der Waals surface area contributed by atoms with E-state index in [1.54, 1.807) is 6.20 Å². The number of benzene rings is 1. The molecule has 0 radical (unpaired) electrons. The van der Waals surface area contributed by atoms with Gasteiger partial charge in [0.1, 0.15) is 12.4 Å². The molecule has 23 heavy (non-hydrogen) atoms. The Labute approximate surface area is 153 Å². The van der Waals surface area contributed by atoms with Gasteiger partial charge >= 0.3 is 6.01 Å². The van der Waals surface area contributed by atoms with Crippen molar-refractivity contribution in [2.75, 3.05) is 18.0 Å². The Hall–Kier alpha value is -1.41. The second-order valence-electron chi connectivity index (χ2n) is 5.31. The van der Waals surface area contributed by atoms with Crippen LogP contribution in [0.3, 0.4) is 0 Å². The topological polar surface area (TPSA) is 62.1 Å². The molecule has 1 aromatic heterocycles. The number of nitrogens with one attached hydrogen (secondary N) is 1. The third-order valence-corrected chi connectivity index (χ3v) is 4.92. The standard InChI is InChI=1S/C16H16ClIN4O/c17-12-2-1-11(14(18)9-12)10-23-16-20-6-3-15(21-16)22-7-4-13(19)5-8-22/h1-3,6,9,19H,4-5,7-8,10H2. The summed E-state index contributed by atoms with van der Waals surface area (Å²) in [5.74, 6) is 0.855. The van der Waals surface area contributed by atoms with Crippen LogP contribution in [0, 0.1) is 8.98 Å². The molecule has 7 heteroatoms. The van der Waals surface area contributed by atoms with Crippen molar-refractivity contribution in [2.45, 2.75) is 19.4 Å². The highest BCUT2D eigenvalue weighted by molar-refractivity contribution is 14.1. The number of ether oxygens (including phenoxy) is 1. The highest BCUT2D eigenvalue weighted by Gasteiger charge is 2.16. The van der Waals surface area contributed by atoms with Crippen LogP contribution in [0.2, 0.25) is 5.02 Å². The zero-order valence-corrected chi connectivity index (χ0v) is 15.3. The molecule has 1 aliphatic heterocycles. The number of aromatic nitrogens is 2. The summed E-state index contributed by atoms with van der Waals surface area (Å²) in [4.78, 5) is 10.8. The van der Waals surface area contributed by atoms with Crippen LogP contribution in [0.15, 0.2) is 30.5 Å². The van der Waals surface area contributed by atoms with E-state index in [-0.39, 0.29) is 0 Å². The maximum absolute atomic E-state index is 7.69. The maximum atomic E-state index is 7.69. The van der Waals surface area contributed by atoms with E-state index in [0.29, 0.717) is 17.6 Å². The lowest BCUT2D eigenvalue weighted by atomic mass is 10.1. The van der Waals surface area contributed by atoms with Crippen molar-refractivity contribution >= 4 is 45.7 Å². The van der Waals surface area contributed by atoms with Crippen LogP contribution < -0.4 is 9.64 Å². The molecule has 5 nitrogen and oxygen atoms in total. The molecular formula is C16H16ClIN4O. The van der Waals surface area contributed by atoms with Crippen LogP contribution in [0.25, 0.3) is 0 Å². The van der Waals surface area contributed by atoms with Gasteiger partial charge in [-0.3, -0.25) is 0 Å². The maximum Gasteiger partial charge on any atom is 0.318 e. The first-order valence-electron chi connectivity index (χ1n) is 7.33. The molecule has 0 amide bonds. The smallest absolute Gasteiger partial charge is 0.318 e. The van der Waals surface area contributed by atoms with Gasteiger partial charge < -0.3 is 15.0 Å². The highest BCUT2D eigenvalue weighted by atomic mass is 127. The average molecular weight is 443 g/mol. The van der Waals surface area contributed by atoms with Gasteiger partial charge in [0.15, 0.2) is 0 Å². The molecule has 0 atom stereocenters. The monoisotopic (exact) mass is 442 g/mol. The van der Waals surface area contributed by atoms with Crippen LogP contribution in [0.5, 0.6) is 6.01 Å². The molecule has 0 saturated carbocycles. The van der Waals surface area contributed by atoms with Crippen LogP contribution in [-0.2, 0) is 6.61 Å². The molecule has 1 aromatic carbocycles. The predicted molar refractivity (Wildman–Crippen MR) is 99.7 cm³/mol. The van der Waals surface area contributed by atoms with Crippen LogP contribution >= 0.6 is 34.2 Å². The van der Waals surface area contributed by atoms with Gasteiger partial charge in [-0.05, 0) is 40.8 Å². The minimum Gasteiger partial charge on any atom is -0.459 e. The predicted octanol–water partition coefficient (Wildman–Crippen LogP) is 3.93. The summed E-state index contributed by atoms with van der Waals surface area (Å²) in [7, 11) is 0. The molecule has 0 bridgehead atoms. The van der Waals surface area contributed by atoms with Gasteiger partial charge in [-0.2, -0.15) is 4.98 Å². The number of nitrogens with zero attached hydrogens (tertiary/aromatic N) is 3. The third kappa shape index (κ3) is 4.32. The van der Waals surface area contributed by atoms with Crippen molar-refractivity contribution in [2.24, 2.45) is 0 Å². The summed E-state index contributed by atoms with van der Waals surface area (Å²) in [5.41, 5.74) is 1.86.